The van der Waals surface area contributed by atoms with Crippen LogP contribution in [0.15, 0.2) is 24.3 Å². The van der Waals surface area contributed by atoms with Crippen LogP contribution in [0.2, 0.25) is 0 Å². The van der Waals surface area contributed by atoms with Crippen LogP contribution >= 0.6 is 0 Å². The molecule has 0 saturated heterocycles. The Labute approximate surface area is 43.9 Å². The molecule has 0 amide bonds. The summed E-state index contributed by atoms with van der Waals surface area (Å²) in [5.74, 6) is 0. The lowest BCUT2D eigenvalue weighted by molar-refractivity contribution is 1.55. The van der Waals surface area contributed by atoms with Gasteiger partial charge >= 0.3 is 0 Å². The predicted octanol–water partition coefficient (Wildman–Crippen LogP) is 1.77. The summed E-state index contributed by atoms with van der Waals surface area (Å²) in [4.78, 5) is 0. The zero-order valence-corrected chi connectivity index (χ0v) is 4.44. The topological polar surface area (TPSA) is 23.9 Å². The fourth-order valence-corrected chi connectivity index (χ4v) is 0.262. The molecule has 0 fully saturated rings. The van der Waals surface area contributed by atoms with E-state index >= 15 is 0 Å². The first kappa shape index (κ1) is 6.15. The Bertz CT molecular complexity index is 101. The number of nitrogens with one attached hydrogen (secondary N) is 1. The molecule has 0 aliphatic rings. The Hall–Kier alpha value is -0.850. The summed E-state index contributed by atoms with van der Waals surface area (Å²) in [7, 11) is 0. The van der Waals surface area contributed by atoms with Gasteiger partial charge in [0, 0.05) is 6.21 Å². The third-order valence-corrected chi connectivity index (χ3v) is 0.566. The van der Waals surface area contributed by atoms with Crippen LogP contribution in [-0.4, -0.2) is 6.21 Å². The lowest BCUT2D eigenvalue weighted by atomic mass is 10.3. The highest BCUT2D eigenvalue weighted by atomic mass is 14.3. The average Bonchev–Trinajstić information content (AvgIpc) is 1.68. The molecule has 0 saturated carbocycles. The summed E-state index contributed by atoms with van der Waals surface area (Å²) in [5, 5.41) is 6.64. The second-order valence-electron chi connectivity index (χ2n) is 1.22. The van der Waals surface area contributed by atoms with E-state index in [2.05, 4.69) is 6.58 Å². The van der Waals surface area contributed by atoms with E-state index in [1.165, 1.54) is 6.21 Å². The van der Waals surface area contributed by atoms with Gasteiger partial charge in [-0.1, -0.05) is 18.7 Å². The molecule has 0 rings (SSSR count). The van der Waals surface area contributed by atoms with Gasteiger partial charge in [0.1, 0.15) is 0 Å². The molecule has 1 N–H and O–H groups in total. The molecule has 0 unspecified atom stereocenters. The standard InChI is InChI=1S/C6H9N/c1-3-4-6(2)5-7/h3-5,7H,2H2,1H3/b4-3-,7-5?. The van der Waals surface area contributed by atoms with Crippen LogP contribution in [0.25, 0.3) is 0 Å². The van der Waals surface area contributed by atoms with E-state index < -0.39 is 0 Å². The fraction of sp³-hybridized carbons (Fsp3) is 0.167. The van der Waals surface area contributed by atoms with Crippen LogP contribution in [0.1, 0.15) is 6.92 Å². The fourth-order valence-electron chi connectivity index (χ4n) is 0.262. The number of allylic oxidation sites excluding steroid dienone is 3. The molecule has 0 aromatic carbocycles. The van der Waals surface area contributed by atoms with Gasteiger partial charge in [0.15, 0.2) is 0 Å². The molecule has 0 bridgehead atoms. The monoisotopic (exact) mass is 95.1 g/mol. The number of rotatable bonds is 2. The van der Waals surface area contributed by atoms with Crippen molar-refractivity contribution >= 4 is 6.21 Å². The third kappa shape index (κ3) is 2.97. The Kier molecular flexibility index (Phi) is 2.94. The van der Waals surface area contributed by atoms with Gasteiger partial charge in [-0.05, 0) is 12.5 Å². The zero-order valence-electron chi connectivity index (χ0n) is 4.44. The van der Waals surface area contributed by atoms with Crippen molar-refractivity contribution in [2.24, 2.45) is 0 Å². The van der Waals surface area contributed by atoms with Crippen LogP contribution in [0.3, 0.4) is 0 Å². The normalized spacial score (nSPS) is 9.29. The van der Waals surface area contributed by atoms with Crippen molar-refractivity contribution in [1.82, 2.24) is 0 Å². The Morgan fingerprint density at radius 1 is 1.71 bits per heavy atom. The molecule has 0 aromatic rings. The van der Waals surface area contributed by atoms with Gasteiger partial charge in [-0.2, -0.15) is 0 Å². The molecule has 0 atom stereocenters. The second-order valence-corrected chi connectivity index (χ2v) is 1.22. The van der Waals surface area contributed by atoms with Crippen molar-refractivity contribution in [3.8, 4) is 0 Å². The lowest BCUT2D eigenvalue weighted by Crippen LogP contribution is -1.69. The first-order chi connectivity index (χ1) is 3.31. The van der Waals surface area contributed by atoms with Gasteiger partial charge in [-0.15, -0.1) is 0 Å². The molecule has 1 heteroatoms. The number of hydrogen-bond donors (Lipinski definition) is 1. The van der Waals surface area contributed by atoms with E-state index in [0.717, 1.165) is 5.57 Å². The molecule has 0 aromatic heterocycles. The minimum absolute atomic E-state index is 0.738. The van der Waals surface area contributed by atoms with Crippen molar-refractivity contribution < 1.29 is 0 Å². The van der Waals surface area contributed by atoms with E-state index in [1.807, 2.05) is 13.0 Å². The summed E-state index contributed by atoms with van der Waals surface area (Å²) in [5.41, 5.74) is 0.738. The van der Waals surface area contributed by atoms with Gasteiger partial charge in [0.2, 0.25) is 0 Å². The summed E-state index contributed by atoms with van der Waals surface area (Å²) in [6.45, 7) is 5.43. The molecule has 0 radical (unpaired) electrons. The van der Waals surface area contributed by atoms with Gasteiger partial charge < -0.3 is 5.41 Å². The second kappa shape index (κ2) is 3.34. The van der Waals surface area contributed by atoms with Crippen LogP contribution in [-0.2, 0) is 0 Å². The van der Waals surface area contributed by atoms with Crippen molar-refractivity contribution in [1.29, 1.82) is 5.41 Å². The molecule has 0 aliphatic heterocycles. The molecule has 38 valence electrons. The van der Waals surface area contributed by atoms with Gasteiger partial charge in [-0.3, -0.25) is 0 Å². The summed E-state index contributed by atoms with van der Waals surface area (Å²) in [6.07, 6.45) is 4.86. The highest BCUT2D eigenvalue weighted by Crippen LogP contribution is 1.83. The molecule has 0 heterocycles. The zero-order chi connectivity index (χ0) is 5.70. The van der Waals surface area contributed by atoms with E-state index in [1.54, 1.807) is 6.08 Å². The minimum Gasteiger partial charge on any atom is -0.308 e. The predicted molar refractivity (Wildman–Crippen MR) is 32.7 cm³/mol. The molecule has 1 nitrogen and oxygen atoms in total. The van der Waals surface area contributed by atoms with Crippen LogP contribution < -0.4 is 0 Å². The Morgan fingerprint density at radius 2 is 2.29 bits per heavy atom. The summed E-state index contributed by atoms with van der Waals surface area (Å²) < 4.78 is 0. The van der Waals surface area contributed by atoms with E-state index in [0.29, 0.717) is 0 Å². The first-order valence-electron chi connectivity index (χ1n) is 2.13. The van der Waals surface area contributed by atoms with Crippen LogP contribution in [0.4, 0.5) is 0 Å². The quantitative estimate of drug-likeness (QED) is 0.399. The Balaban J connectivity index is 3.58. The largest absolute Gasteiger partial charge is 0.308 e. The maximum Gasteiger partial charge on any atom is 0.0244 e. The lowest BCUT2D eigenvalue weighted by Gasteiger charge is -1.78. The first-order valence-corrected chi connectivity index (χ1v) is 2.13. The van der Waals surface area contributed by atoms with Gasteiger partial charge in [0.25, 0.3) is 0 Å². The summed E-state index contributed by atoms with van der Waals surface area (Å²) >= 11 is 0. The Morgan fingerprint density at radius 3 is 2.43 bits per heavy atom. The highest BCUT2D eigenvalue weighted by Gasteiger charge is 1.71. The minimum atomic E-state index is 0.738. The number of hydrogen-bond acceptors (Lipinski definition) is 1. The van der Waals surface area contributed by atoms with Crippen molar-refractivity contribution in [2.45, 2.75) is 6.92 Å². The average molecular weight is 95.1 g/mol. The van der Waals surface area contributed by atoms with Gasteiger partial charge in [-0.25, -0.2) is 0 Å². The maximum absolute atomic E-state index is 6.64. The third-order valence-electron chi connectivity index (χ3n) is 0.566. The van der Waals surface area contributed by atoms with Crippen molar-refractivity contribution in [3.05, 3.63) is 24.3 Å². The van der Waals surface area contributed by atoms with Crippen LogP contribution in [0, 0.1) is 5.41 Å². The van der Waals surface area contributed by atoms with Crippen LogP contribution in [0.5, 0.6) is 0 Å². The molecule has 7 heavy (non-hydrogen) atoms. The SMILES string of the molecule is C=C(C=N)/C=C\C. The molecule has 0 aliphatic carbocycles. The van der Waals surface area contributed by atoms with Crippen molar-refractivity contribution in [2.75, 3.05) is 0 Å². The van der Waals surface area contributed by atoms with Crippen molar-refractivity contribution in [3.63, 3.8) is 0 Å². The molecule has 0 spiro atoms. The molecular weight excluding hydrogens is 86.1 g/mol. The van der Waals surface area contributed by atoms with Gasteiger partial charge in [0.05, 0.1) is 0 Å². The highest BCUT2D eigenvalue weighted by molar-refractivity contribution is 5.78. The van der Waals surface area contributed by atoms with E-state index in [-0.39, 0.29) is 0 Å². The smallest absolute Gasteiger partial charge is 0.0244 e. The van der Waals surface area contributed by atoms with E-state index in [9.17, 15) is 0 Å². The molecular formula is C6H9N. The maximum atomic E-state index is 6.64. The van der Waals surface area contributed by atoms with E-state index in [4.69, 9.17) is 5.41 Å². The summed E-state index contributed by atoms with van der Waals surface area (Å²) in [6, 6.07) is 0.